The Balaban J connectivity index is 2.37. The van der Waals surface area contributed by atoms with E-state index >= 15 is 0 Å². The first-order valence-corrected chi connectivity index (χ1v) is 7.13. The molecular formula is C17H19NO4. The highest BCUT2D eigenvalue weighted by molar-refractivity contribution is 5.70. The van der Waals surface area contributed by atoms with Crippen molar-refractivity contribution in [2.45, 2.75) is 26.4 Å². The third-order valence-electron chi connectivity index (χ3n) is 3.06. The van der Waals surface area contributed by atoms with Crippen LogP contribution in [-0.4, -0.2) is 16.1 Å². The van der Waals surface area contributed by atoms with Gasteiger partial charge in [0.25, 0.3) is 5.56 Å². The van der Waals surface area contributed by atoms with E-state index in [9.17, 15) is 14.7 Å². The lowest BCUT2D eigenvalue weighted by Gasteiger charge is -2.19. The first kappa shape index (κ1) is 15.8. The normalized spacial score (nSPS) is 12.1. The maximum absolute atomic E-state index is 12.0. The lowest BCUT2D eigenvalue weighted by molar-refractivity contribution is -0.148. The maximum Gasteiger partial charge on any atom is 0.307 e. The first-order chi connectivity index (χ1) is 10.5. The number of carbonyl (C=O) groups excluding carboxylic acids is 1. The van der Waals surface area contributed by atoms with Gasteiger partial charge in [0.2, 0.25) is 0 Å². The molecule has 0 fully saturated rings. The quantitative estimate of drug-likeness (QED) is 0.832. The molecule has 0 radical (unpaired) electrons. The average Bonchev–Trinajstić information content (AvgIpc) is 2.44. The van der Waals surface area contributed by atoms with Gasteiger partial charge in [-0.05, 0) is 11.5 Å². The topological polar surface area (TPSA) is 79.4 Å². The Kier molecular flexibility index (Phi) is 4.99. The van der Waals surface area contributed by atoms with Crippen molar-refractivity contribution < 1.29 is 14.6 Å². The van der Waals surface area contributed by atoms with Crippen LogP contribution in [0.4, 0.5) is 0 Å². The molecule has 0 amide bonds. The summed E-state index contributed by atoms with van der Waals surface area (Å²) in [5.74, 6) is -0.347. The number of H-pyrrole nitrogens is 1. The smallest absolute Gasteiger partial charge is 0.307 e. The fourth-order valence-corrected chi connectivity index (χ4v) is 2.14. The molecule has 0 aliphatic carbocycles. The summed E-state index contributed by atoms with van der Waals surface area (Å²) in [5.41, 5.74) is 0.616. The second-order valence-corrected chi connectivity index (χ2v) is 5.54. The molecule has 1 heterocycles. The van der Waals surface area contributed by atoms with Crippen molar-refractivity contribution in [1.29, 1.82) is 0 Å². The largest absolute Gasteiger partial charge is 0.508 e. The van der Waals surface area contributed by atoms with Crippen molar-refractivity contribution in [2.75, 3.05) is 0 Å². The SMILES string of the molecule is CC(C)CC(=O)O[C@@H](c1ccccc1)c1cc(O)cc(=O)[nH]1. The molecule has 0 aliphatic rings. The summed E-state index contributed by atoms with van der Waals surface area (Å²) in [5, 5.41) is 9.61. The summed E-state index contributed by atoms with van der Waals surface area (Å²) in [7, 11) is 0. The Labute approximate surface area is 128 Å². The molecule has 0 saturated carbocycles. The van der Waals surface area contributed by atoms with Gasteiger partial charge in [-0.1, -0.05) is 44.2 Å². The number of hydrogen-bond acceptors (Lipinski definition) is 4. The summed E-state index contributed by atoms with van der Waals surface area (Å²) in [6.07, 6.45) is -0.473. The van der Waals surface area contributed by atoms with E-state index in [0.29, 0.717) is 5.69 Å². The number of hydrogen-bond donors (Lipinski definition) is 2. The summed E-state index contributed by atoms with van der Waals surface area (Å²) in [6.45, 7) is 3.85. The van der Waals surface area contributed by atoms with Crippen molar-refractivity contribution in [1.82, 2.24) is 4.98 Å². The summed E-state index contributed by atoms with van der Waals surface area (Å²) in [4.78, 5) is 26.2. The van der Waals surface area contributed by atoms with Gasteiger partial charge in [0.1, 0.15) is 5.75 Å². The van der Waals surface area contributed by atoms with E-state index in [1.807, 2.05) is 32.0 Å². The molecule has 1 aromatic carbocycles. The summed E-state index contributed by atoms with van der Waals surface area (Å²) < 4.78 is 5.52. The van der Waals surface area contributed by atoms with E-state index < -0.39 is 11.7 Å². The minimum atomic E-state index is -0.757. The minimum absolute atomic E-state index is 0.167. The Hall–Kier alpha value is -2.56. The Morgan fingerprint density at radius 2 is 1.91 bits per heavy atom. The molecule has 5 nitrogen and oxygen atoms in total. The Bertz CT molecular complexity index is 691. The van der Waals surface area contributed by atoms with Crippen LogP contribution in [0.15, 0.2) is 47.3 Å². The van der Waals surface area contributed by atoms with Crippen molar-refractivity contribution in [3.05, 3.63) is 64.1 Å². The zero-order valence-electron chi connectivity index (χ0n) is 12.6. The van der Waals surface area contributed by atoms with Crippen molar-refractivity contribution >= 4 is 5.97 Å². The van der Waals surface area contributed by atoms with E-state index in [1.165, 1.54) is 6.07 Å². The van der Waals surface area contributed by atoms with Gasteiger partial charge >= 0.3 is 5.97 Å². The maximum atomic E-state index is 12.0. The molecule has 1 aromatic heterocycles. The van der Waals surface area contributed by atoms with Crippen molar-refractivity contribution in [3.8, 4) is 5.75 Å². The minimum Gasteiger partial charge on any atom is -0.508 e. The fourth-order valence-electron chi connectivity index (χ4n) is 2.14. The lowest BCUT2D eigenvalue weighted by atomic mass is 10.1. The molecule has 0 spiro atoms. The fraction of sp³-hybridized carbons (Fsp3) is 0.294. The van der Waals surface area contributed by atoms with Crippen LogP contribution in [0.25, 0.3) is 0 Å². The third kappa shape index (κ3) is 4.22. The van der Waals surface area contributed by atoms with Gasteiger partial charge in [-0.15, -0.1) is 0 Å². The predicted molar refractivity (Wildman–Crippen MR) is 82.6 cm³/mol. The zero-order chi connectivity index (χ0) is 16.1. The number of esters is 1. The summed E-state index contributed by atoms with van der Waals surface area (Å²) in [6, 6.07) is 11.6. The van der Waals surface area contributed by atoms with Crippen LogP contribution in [0.1, 0.15) is 37.6 Å². The van der Waals surface area contributed by atoms with Crippen LogP contribution in [0.2, 0.25) is 0 Å². The molecule has 22 heavy (non-hydrogen) atoms. The summed E-state index contributed by atoms with van der Waals surface area (Å²) >= 11 is 0. The Morgan fingerprint density at radius 1 is 1.23 bits per heavy atom. The van der Waals surface area contributed by atoms with Gasteiger partial charge in [-0.3, -0.25) is 9.59 Å². The molecule has 0 unspecified atom stereocenters. The van der Waals surface area contributed by atoms with Gasteiger partial charge in [-0.25, -0.2) is 0 Å². The van der Waals surface area contributed by atoms with E-state index in [1.54, 1.807) is 12.1 Å². The number of rotatable bonds is 5. The van der Waals surface area contributed by atoms with Crippen LogP contribution in [-0.2, 0) is 9.53 Å². The average molecular weight is 301 g/mol. The van der Waals surface area contributed by atoms with Gasteiger partial charge in [0.15, 0.2) is 6.10 Å². The highest BCUT2D eigenvalue weighted by atomic mass is 16.5. The first-order valence-electron chi connectivity index (χ1n) is 7.13. The van der Waals surface area contributed by atoms with Crippen LogP contribution >= 0.6 is 0 Å². The van der Waals surface area contributed by atoms with E-state index in [4.69, 9.17) is 4.74 Å². The molecule has 2 aromatic rings. The number of carbonyl (C=O) groups is 1. The molecule has 2 rings (SSSR count). The highest BCUT2D eigenvalue weighted by Crippen LogP contribution is 2.26. The predicted octanol–water partition coefficient (Wildman–Crippen LogP) is 2.76. The van der Waals surface area contributed by atoms with Crippen molar-refractivity contribution in [3.63, 3.8) is 0 Å². The van der Waals surface area contributed by atoms with Crippen LogP contribution in [0.3, 0.4) is 0 Å². The van der Waals surface area contributed by atoms with Gasteiger partial charge < -0.3 is 14.8 Å². The van der Waals surface area contributed by atoms with Crippen LogP contribution < -0.4 is 5.56 Å². The van der Waals surface area contributed by atoms with Gasteiger partial charge in [-0.2, -0.15) is 0 Å². The molecule has 5 heteroatoms. The molecule has 0 aliphatic heterocycles. The number of ether oxygens (including phenoxy) is 1. The van der Waals surface area contributed by atoms with Gasteiger partial charge in [0.05, 0.1) is 5.69 Å². The highest BCUT2D eigenvalue weighted by Gasteiger charge is 2.21. The number of aromatic nitrogens is 1. The number of nitrogens with one attached hydrogen (secondary N) is 1. The molecule has 0 bridgehead atoms. The molecule has 116 valence electrons. The monoisotopic (exact) mass is 301 g/mol. The second-order valence-electron chi connectivity index (χ2n) is 5.54. The number of pyridine rings is 1. The molecule has 1 atom stereocenters. The van der Waals surface area contributed by atoms with E-state index in [0.717, 1.165) is 11.6 Å². The third-order valence-corrected chi connectivity index (χ3v) is 3.06. The van der Waals surface area contributed by atoms with Crippen molar-refractivity contribution in [2.24, 2.45) is 5.92 Å². The molecule has 0 saturated heterocycles. The second kappa shape index (κ2) is 6.93. The number of aromatic amines is 1. The van der Waals surface area contributed by atoms with E-state index in [2.05, 4.69) is 4.98 Å². The van der Waals surface area contributed by atoms with E-state index in [-0.39, 0.29) is 24.1 Å². The number of benzene rings is 1. The Morgan fingerprint density at radius 3 is 2.50 bits per heavy atom. The number of aromatic hydroxyl groups is 1. The van der Waals surface area contributed by atoms with Crippen LogP contribution in [0, 0.1) is 5.92 Å². The zero-order valence-corrected chi connectivity index (χ0v) is 12.6. The lowest BCUT2D eigenvalue weighted by Crippen LogP contribution is -2.18. The van der Waals surface area contributed by atoms with Crippen LogP contribution in [0.5, 0.6) is 5.75 Å². The standard InChI is InChI=1S/C17H19NO4/c1-11(2)8-16(21)22-17(12-6-4-3-5-7-12)14-9-13(19)10-15(20)18-14/h3-7,9-11,17H,8H2,1-2H3,(H2,18,19,20)/t17-/m0/s1. The van der Waals surface area contributed by atoms with Gasteiger partial charge in [0, 0.05) is 18.6 Å². The molecular weight excluding hydrogens is 282 g/mol. The molecule has 2 N–H and O–H groups in total.